The SMILES string of the molecule is COC(=O)C(Oc1cccc(Br)c1)C(=O)CCCBr. The number of halogens is 2. The zero-order chi connectivity index (χ0) is 14.3. The third kappa shape index (κ3) is 5.32. The quantitative estimate of drug-likeness (QED) is 0.405. The van der Waals surface area contributed by atoms with Crippen LogP contribution in [0.3, 0.4) is 0 Å². The number of carbonyl (C=O) groups is 2. The molecule has 4 nitrogen and oxygen atoms in total. The second kappa shape index (κ2) is 8.32. The summed E-state index contributed by atoms with van der Waals surface area (Å²) in [6.07, 6.45) is -0.300. The molecule has 0 aliphatic carbocycles. The van der Waals surface area contributed by atoms with Gasteiger partial charge in [0.1, 0.15) is 5.75 Å². The lowest BCUT2D eigenvalue weighted by Gasteiger charge is -2.15. The first-order valence-electron chi connectivity index (χ1n) is 5.67. The van der Waals surface area contributed by atoms with E-state index in [1.54, 1.807) is 18.2 Å². The van der Waals surface area contributed by atoms with Crippen LogP contribution in [-0.4, -0.2) is 30.3 Å². The largest absolute Gasteiger partial charge is 0.471 e. The number of methoxy groups -OCH3 is 1. The molecule has 104 valence electrons. The lowest BCUT2D eigenvalue weighted by atomic mass is 10.1. The van der Waals surface area contributed by atoms with E-state index in [0.717, 1.165) is 4.47 Å². The predicted octanol–water partition coefficient (Wildman–Crippen LogP) is 3.11. The summed E-state index contributed by atoms with van der Waals surface area (Å²) in [6.45, 7) is 0. The van der Waals surface area contributed by atoms with Crippen molar-refractivity contribution >= 4 is 43.6 Å². The number of hydrogen-bond donors (Lipinski definition) is 0. The molecule has 0 aromatic heterocycles. The van der Waals surface area contributed by atoms with Gasteiger partial charge in [0.2, 0.25) is 0 Å². The molecule has 0 aliphatic rings. The Balaban J connectivity index is 2.80. The molecule has 1 aromatic rings. The molecule has 0 radical (unpaired) electrons. The summed E-state index contributed by atoms with van der Waals surface area (Å²) in [5.74, 6) is -0.525. The van der Waals surface area contributed by atoms with Gasteiger partial charge < -0.3 is 9.47 Å². The molecule has 0 N–H and O–H groups in total. The fraction of sp³-hybridized carbons (Fsp3) is 0.385. The van der Waals surface area contributed by atoms with Gasteiger partial charge in [-0.2, -0.15) is 0 Å². The zero-order valence-electron chi connectivity index (χ0n) is 10.4. The summed E-state index contributed by atoms with van der Waals surface area (Å²) in [6, 6.07) is 6.95. The molecule has 1 atom stereocenters. The highest BCUT2D eigenvalue weighted by molar-refractivity contribution is 9.10. The van der Waals surface area contributed by atoms with Crippen molar-refractivity contribution in [1.29, 1.82) is 0 Å². The van der Waals surface area contributed by atoms with Crippen molar-refractivity contribution in [3.05, 3.63) is 28.7 Å². The van der Waals surface area contributed by atoms with E-state index in [4.69, 9.17) is 4.74 Å². The van der Waals surface area contributed by atoms with Crippen molar-refractivity contribution in [3.63, 3.8) is 0 Å². The monoisotopic (exact) mass is 392 g/mol. The minimum absolute atomic E-state index is 0.263. The van der Waals surface area contributed by atoms with Crippen LogP contribution in [0.4, 0.5) is 0 Å². The maximum absolute atomic E-state index is 11.9. The Bertz CT molecular complexity index is 448. The summed E-state index contributed by atoms with van der Waals surface area (Å²) < 4.78 is 10.9. The van der Waals surface area contributed by atoms with E-state index < -0.39 is 12.1 Å². The van der Waals surface area contributed by atoms with E-state index >= 15 is 0 Å². The van der Waals surface area contributed by atoms with Gasteiger partial charge in [-0.05, 0) is 24.6 Å². The Morgan fingerprint density at radius 1 is 1.37 bits per heavy atom. The molecule has 0 saturated carbocycles. The topological polar surface area (TPSA) is 52.6 Å². The van der Waals surface area contributed by atoms with Crippen LogP contribution in [-0.2, 0) is 14.3 Å². The standard InChI is InChI=1S/C13H14Br2O4/c1-18-13(17)12(11(16)6-3-7-14)19-10-5-2-4-9(15)8-10/h2,4-5,8,12H,3,6-7H2,1H3. The van der Waals surface area contributed by atoms with Crippen LogP contribution in [0, 0.1) is 0 Å². The third-order valence-corrected chi connectivity index (χ3v) is 3.37. The maximum Gasteiger partial charge on any atom is 0.354 e. The highest BCUT2D eigenvalue weighted by Gasteiger charge is 2.29. The number of ether oxygens (including phenoxy) is 2. The van der Waals surface area contributed by atoms with Gasteiger partial charge in [-0.1, -0.05) is 37.9 Å². The molecule has 1 aromatic carbocycles. The fourth-order valence-electron chi connectivity index (χ4n) is 1.40. The normalized spacial score (nSPS) is 11.7. The molecule has 1 unspecified atom stereocenters. The minimum atomic E-state index is -1.21. The smallest absolute Gasteiger partial charge is 0.354 e. The molecule has 19 heavy (non-hydrogen) atoms. The van der Waals surface area contributed by atoms with Crippen LogP contribution in [0.2, 0.25) is 0 Å². The Morgan fingerprint density at radius 2 is 2.11 bits per heavy atom. The molecular formula is C13H14Br2O4. The van der Waals surface area contributed by atoms with Gasteiger partial charge in [-0.15, -0.1) is 0 Å². The third-order valence-electron chi connectivity index (χ3n) is 2.31. The average Bonchev–Trinajstić information content (AvgIpc) is 2.41. The van der Waals surface area contributed by atoms with Gasteiger partial charge in [0.05, 0.1) is 7.11 Å². The molecular weight excluding hydrogens is 380 g/mol. The van der Waals surface area contributed by atoms with Crippen molar-refractivity contribution in [2.75, 3.05) is 12.4 Å². The van der Waals surface area contributed by atoms with E-state index in [2.05, 4.69) is 36.6 Å². The number of Topliss-reactive ketones (excluding diaryl/α,β-unsaturated/α-hetero) is 1. The number of esters is 1. The maximum atomic E-state index is 11.9. The highest BCUT2D eigenvalue weighted by atomic mass is 79.9. The van der Waals surface area contributed by atoms with Crippen LogP contribution in [0.1, 0.15) is 12.8 Å². The van der Waals surface area contributed by atoms with Gasteiger partial charge >= 0.3 is 5.97 Å². The van der Waals surface area contributed by atoms with Crippen molar-refractivity contribution in [1.82, 2.24) is 0 Å². The molecule has 0 heterocycles. The molecule has 0 saturated heterocycles. The van der Waals surface area contributed by atoms with E-state index in [0.29, 0.717) is 17.5 Å². The first-order valence-corrected chi connectivity index (χ1v) is 7.58. The van der Waals surface area contributed by atoms with E-state index in [1.807, 2.05) is 6.07 Å². The molecule has 0 aliphatic heterocycles. The average molecular weight is 394 g/mol. The summed E-state index contributed by atoms with van der Waals surface area (Å²) in [4.78, 5) is 23.5. The Kier molecular flexibility index (Phi) is 7.09. The molecule has 0 bridgehead atoms. The fourth-order valence-corrected chi connectivity index (χ4v) is 2.06. The first-order chi connectivity index (χ1) is 9.08. The van der Waals surface area contributed by atoms with Crippen molar-refractivity contribution < 1.29 is 19.1 Å². The van der Waals surface area contributed by atoms with Crippen LogP contribution < -0.4 is 4.74 Å². The molecule has 6 heteroatoms. The lowest BCUT2D eigenvalue weighted by Crippen LogP contribution is -2.36. The van der Waals surface area contributed by atoms with Gasteiger partial charge in [-0.3, -0.25) is 4.79 Å². The highest BCUT2D eigenvalue weighted by Crippen LogP contribution is 2.20. The van der Waals surface area contributed by atoms with Crippen molar-refractivity contribution in [3.8, 4) is 5.75 Å². The van der Waals surface area contributed by atoms with E-state index in [9.17, 15) is 9.59 Å². The van der Waals surface area contributed by atoms with Crippen LogP contribution in [0.5, 0.6) is 5.75 Å². The second-order valence-corrected chi connectivity index (χ2v) is 5.45. The zero-order valence-corrected chi connectivity index (χ0v) is 13.6. The molecule has 0 fully saturated rings. The van der Waals surface area contributed by atoms with Crippen LogP contribution in [0.25, 0.3) is 0 Å². The van der Waals surface area contributed by atoms with Gasteiger partial charge in [0.15, 0.2) is 5.78 Å². The lowest BCUT2D eigenvalue weighted by molar-refractivity contribution is -0.153. The van der Waals surface area contributed by atoms with Crippen molar-refractivity contribution in [2.45, 2.75) is 18.9 Å². The molecule has 1 rings (SSSR count). The van der Waals surface area contributed by atoms with Crippen molar-refractivity contribution in [2.24, 2.45) is 0 Å². The van der Waals surface area contributed by atoms with Crippen LogP contribution >= 0.6 is 31.9 Å². The van der Waals surface area contributed by atoms with Gasteiger partial charge in [0, 0.05) is 16.2 Å². The number of ketones is 1. The predicted molar refractivity (Wildman–Crippen MR) is 78.6 cm³/mol. The van der Waals surface area contributed by atoms with E-state index in [1.165, 1.54) is 7.11 Å². The summed E-state index contributed by atoms with van der Waals surface area (Å²) >= 11 is 6.54. The first kappa shape index (κ1) is 16.2. The van der Waals surface area contributed by atoms with Crippen LogP contribution in [0.15, 0.2) is 28.7 Å². The van der Waals surface area contributed by atoms with E-state index in [-0.39, 0.29) is 12.2 Å². The Labute approximate surface area is 128 Å². The second-order valence-electron chi connectivity index (χ2n) is 3.74. The van der Waals surface area contributed by atoms with Gasteiger partial charge in [-0.25, -0.2) is 4.79 Å². The molecule has 0 amide bonds. The van der Waals surface area contributed by atoms with Gasteiger partial charge in [0.25, 0.3) is 6.10 Å². The summed E-state index contributed by atoms with van der Waals surface area (Å²) in [5, 5.41) is 0.698. The Morgan fingerprint density at radius 3 is 2.68 bits per heavy atom. The number of rotatable bonds is 7. The summed E-state index contributed by atoms with van der Waals surface area (Å²) in [5.41, 5.74) is 0. The number of carbonyl (C=O) groups excluding carboxylic acids is 2. The summed E-state index contributed by atoms with van der Waals surface area (Å²) in [7, 11) is 1.23. The molecule has 0 spiro atoms. The number of benzene rings is 1. The number of alkyl halides is 1. The minimum Gasteiger partial charge on any atom is -0.471 e. The number of hydrogen-bond acceptors (Lipinski definition) is 4. The Hall–Kier alpha value is -0.880.